The number of carbonyl (C=O) groups excluding carboxylic acids is 2. The minimum atomic E-state index is -4.34. The van der Waals surface area contributed by atoms with Gasteiger partial charge >= 0.3 is 6.18 Å². The zero-order chi connectivity index (χ0) is 14.8. The number of nitrogens with zero attached hydrogens (tertiary/aromatic N) is 1. The Kier molecular flexibility index (Phi) is 4.55. The van der Waals surface area contributed by atoms with Crippen molar-refractivity contribution in [1.29, 1.82) is 0 Å². The van der Waals surface area contributed by atoms with Crippen molar-refractivity contribution < 1.29 is 22.8 Å². The van der Waals surface area contributed by atoms with Crippen molar-refractivity contribution in [2.24, 2.45) is 11.8 Å². The summed E-state index contributed by atoms with van der Waals surface area (Å²) >= 11 is 0. The van der Waals surface area contributed by atoms with E-state index in [0.717, 1.165) is 0 Å². The zero-order valence-electron chi connectivity index (χ0n) is 11.2. The summed E-state index contributed by atoms with van der Waals surface area (Å²) in [5, 5.41) is 2.62. The molecule has 7 heteroatoms. The predicted octanol–water partition coefficient (Wildman–Crippen LogP) is 1.70. The van der Waals surface area contributed by atoms with Gasteiger partial charge in [0, 0.05) is 19.0 Å². The molecule has 1 saturated carbocycles. The highest BCUT2D eigenvalue weighted by molar-refractivity contribution is 5.86. The molecule has 0 spiro atoms. The first-order valence-corrected chi connectivity index (χ1v) is 7.02. The first kappa shape index (κ1) is 15.1. The number of carbonyl (C=O) groups is 2. The van der Waals surface area contributed by atoms with E-state index in [4.69, 9.17) is 0 Å². The average molecular weight is 292 g/mol. The summed E-state index contributed by atoms with van der Waals surface area (Å²) < 4.78 is 39.1. The summed E-state index contributed by atoms with van der Waals surface area (Å²) in [6.07, 6.45) is -2.33. The van der Waals surface area contributed by atoms with E-state index in [1.54, 1.807) is 0 Å². The normalized spacial score (nSPS) is 28.8. The third kappa shape index (κ3) is 3.43. The number of halogens is 3. The summed E-state index contributed by atoms with van der Waals surface area (Å²) in [7, 11) is 0. The van der Waals surface area contributed by atoms with Gasteiger partial charge in [0.1, 0.15) is 0 Å². The van der Waals surface area contributed by atoms with Crippen molar-refractivity contribution >= 4 is 11.8 Å². The van der Waals surface area contributed by atoms with Crippen molar-refractivity contribution in [3.8, 4) is 0 Å². The maximum absolute atomic E-state index is 13.0. The van der Waals surface area contributed by atoms with Crippen LogP contribution in [-0.2, 0) is 9.59 Å². The van der Waals surface area contributed by atoms with Crippen LogP contribution in [0.1, 0.15) is 32.1 Å². The maximum atomic E-state index is 13.0. The molecule has 2 amide bonds. The largest absolute Gasteiger partial charge is 0.392 e. The lowest BCUT2D eigenvalue weighted by atomic mass is 9.78. The summed E-state index contributed by atoms with van der Waals surface area (Å²) in [5.41, 5.74) is 0. The number of amides is 2. The number of alkyl halides is 3. The van der Waals surface area contributed by atoms with Crippen LogP contribution in [0.3, 0.4) is 0 Å². The van der Waals surface area contributed by atoms with Crippen LogP contribution >= 0.6 is 0 Å². The quantitative estimate of drug-likeness (QED) is 0.800. The second-order valence-corrected chi connectivity index (χ2v) is 5.50. The van der Waals surface area contributed by atoms with E-state index in [9.17, 15) is 22.8 Å². The molecule has 0 bridgehead atoms. The first-order chi connectivity index (χ1) is 9.39. The molecule has 2 unspecified atom stereocenters. The lowest BCUT2D eigenvalue weighted by Crippen LogP contribution is -2.46. The highest BCUT2D eigenvalue weighted by Crippen LogP contribution is 2.42. The Morgan fingerprint density at radius 2 is 1.90 bits per heavy atom. The van der Waals surface area contributed by atoms with Crippen molar-refractivity contribution in [1.82, 2.24) is 10.2 Å². The Balaban J connectivity index is 2.10. The Hall–Kier alpha value is -1.27. The Morgan fingerprint density at radius 1 is 1.20 bits per heavy atom. The van der Waals surface area contributed by atoms with Crippen LogP contribution in [0, 0.1) is 11.8 Å². The van der Waals surface area contributed by atoms with E-state index in [-0.39, 0.29) is 25.3 Å². The molecule has 0 aromatic carbocycles. The molecule has 1 heterocycles. The summed E-state index contributed by atoms with van der Waals surface area (Å²) in [6, 6.07) is 0. The Labute approximate surface area is 115 Å². The molecule has 20 heavy (non-hydrogen) atoms. The van der Waals surface area contributed by atoms with Crippen LogP contribution in [0.2, 0.25) is 0 Å². The second kappa shape index (κ2) is 6.01. The van der Waals surface area contributed by atoms with Gasteiger partial charge in [-0.25, -0.2) is 0 Å². The van der Waals surface area contributed by atoms with Crippen LogP contribution < -0.4 is 5.32 Å². The van der Waals surface area contributed by atoms with Gasteiger partial charge < -0.3 is 10.2 Å². The van der Waals surface area contributed by atoms with Gasteiger partial charge in [-0.3, -0.25) is 9.59 Å². The third-order valence-corrected chi connectivity index (χ3v) is 4.08. The number of hydrogen-bond donors (Lipinski definition) is 1. The third-order valence-electron chi connectivity index (χ3n) is 4.08. The molecule has 1 N–H and O–H groups in total. The fourth-order valence-electron chi connectivity index (χ4n) is 3.05. The molecule has 0 radical (unpaired) electrons. The van der Waals surface area contributed by atoms with E-state index >= 15 is 0 Å². The summed E-state index contributed by atoms with van der Waals surface area (Å²) in [4.78, 5) is 25.1. The van der Waals surface area contributed by atoms with E-state index < -0.39 is 23.9 Å². The molecule has 1 saturated heterocycles. The number of nitrogens with one attached hydrogen (secondary N) is 1. The molecule has 2 fully saturated rings. The van der Waals surface area contributed by atoms with E-state index in [2.05, 4.69) is 5.32 Å². The molecule has 0 aromatic rings. The average Bonchev–Trinajstić information content (AvgIpc) is 2.61. The standard InChI is InChI=1S/C13H19F3N2O2/c14-13(15,16)10-5-2-1-4-9(10)12(20)18-7-3-6-17-11(19)8-18/h9-10H,1-8H2,(H,17,19). The van der Waals surface area contributed by atoms with Crippen molar-refractivity contribution in [2.75, 3.05) is 19.6 Å². The van der Waals surface area contributed by atoms with Gasteiger partial charge in [0.05, 0.1) is 12.5 Å². The van der Waals surface area contributed by atoms with Gasteiger partial charge in [-0.2, -0.15) is 13.2 Å². The molecule has 0 aromatic heterocycles. The van der Waals surface area contributed by atoms with Gasteiger partial charge in [0.15, 0.2) is 0 Å². The molecule has 1 aliphatic carbocycles. The topological polar surface area (TPSA) is 49.4 Å². The van der Waals surface area contributed by atoms with Crippen molar-refractivity contribution in [3.63, 3.8) is 0 Å². The smallest absolute Gasteiger partial charge is 0.354 e. The van der Waals surface area contributed by atoms with Crippen LogP contribution in [-0.4, -0.2) is 42.5 Å². The van der Waals surface area contributed by atoms with Crippen LogP contribution in [0.25, 0.3) is 0 Å². The van der Waals surface area contributed by atoms with Gasteiger partial charge in [-0.05, 0) is 19.3 Å². The second-order valence-electron chi connectivity index (χ2n) is 5.50. The van der Waals surface area contributed by atoms with Crippen molar-refractivity contribution in [3.05, 3.63) is 0 Å². The fourth-order valence-corrected chi connectivity index (χ4v) is 3.05. The highest BCUT2D eigenvalue weighted by atomic mass is 19.4. The van der Waals surface area contributed by atoms with E-state index in [1.165, 1.54) is 4.90 Å². The minimum Gasteiger partial charge on any atom is -0.354 e. The highest BCUT2D eigenvalue weighted by Gasteiger charge is 2.49. The van der Waals surface area contributed by atoms with Crippen molar-refractivity contribution in [2.45, 2.75) is 38.3 Å². The monoisotopic (exact) mass is 292 g/mol. The number of hydrogen-bond acceptors (Lipinski definition) is 2. The maximum Gasteiger partial charge on any atom is 0.392 e. The molecular formula is C13H19F3N2O2. The first-order valence-electron chi connectivity index (χ1n) is 7.02. The summed E-state index contributed by atoms with van der Waals surface area (Å²) in [6.45, 7) is 0.689. The molecule has 2 rings (SSSR count). The fraction of sp³-hybridized carbons (Fsp3) is 0.846. The summed E-state index contributed by atoms with van der Waals surface area (Å²) in [5.74, 6) is -3.39. The van der Waals surface area contributed by atoms with Crippen LogP contribution in [0.5, 0.6) is 0 Å². The molecule has 4 nitrogen and oxygen atoms in total. The molecule has 2 aliphatic rings. The lowest BCUT2D eigenvalue weighted by Gasteiger charge is -2.35. The van der Waals surface area contributed by atoms with Gasteiger partial charge in [-0.1, -0.05) is 12.8 Å². The number of rotatable bonds is 1. The molecular weight excluding hydrogens is 273 g/mol. The molecule has 2 atom stereocenters. The Bertz CT molecular complexity index is 384. The van der Waals surface area contributed by atoms with Gasteiger partial charge in [0.25, 0.3) is 0 Å². The minimum absolute atomic E-state index is 0.0138. The lowest BCUT2D eigenvalue weighted by molar-refractivity contribution is -0.200. The molecule has 114 valence electrons. The Morgan fingerprint density at radius 3 is 2.60 bits per heavy atom. The predicted molar refractivity (Wildman–Crippen MR) is 65.7 cm³/mol. The zero-order valence-corrected chi connectivity index (χ0v) is 11.2. The SMILES string of the molecule is O=C1CN(C(=O)C2CCCCC2C(F)(F)F)CCCN1. The van der Waals surface area contributed by atoms with Crippen LogP contribution in [0.15, 0.2) is 0 Å². The molecule has 1 aliphatic heterocycles. The van der Waals surface area contributed by atoms with Gasteiger partial charge in [0.2, 0.25) is 11.8 Å². The van der Waals surface area contributed by atoms with E-state index in [0.29, 0.717) is 32.4 Å². The van der Waals surface area contributed by atoms with Crippen LogP contribution in [0.4, 0.5) is 13.2 Å². The van der Waals surface area contributed by atoms with E-state index in [1.807, 2.05) is 0 Å². The van der Waals surface area contributed by atoms with Gasteiger partial charge in [-0.15, -0.1) is 0 Å².